The van der Waals surface area contributed by atoms with E-state index in [1.807, 2.05) is 65.4 Å². The number of Topliss-reactive ketones (excluding diaryl/α,β-unsaturated/α-hetero) is 1. The number of hydrogen-bond acceptors (Lipinski definition) is 1. The molecule has 0 saturated carbocycles. The molecule has 0 spiro atoms. The summed E-state index contributed by atoms with van der Waals surface area (Å²) in [5.41, 5.74) is -13.6. The van der Waals surface area contributed by atoms with Gasteiger partial charge in [-0.05, 0) is 11.5 Å². The molecule has 0 aliphatic rings. The van der Waals surface area contributed by atoms with E-state index in [1.165, 1.54) is 0 Å². The van der Waals surface area contributed by atoms with Crippen LogP contribution in [0.25, 0.3) is 10.8 Å². The van der Waals surface area contributed by atoms with Crippen LogP contribution in [0, 0.1) is 116 Å². The summed E-state index contributed by atoms with van der Waals surface area (Å²) in [6.07, 6.45) is -5.22. The molecule has 0 saturated heterocycles. The Bertz CT molecular complexity index is 2730. The molecule has 1 aromatic heterocycles. The third-order valence-electron chi connectivity index (χ3n) is 9.96. The van der Waals surface area contributed by atoms with Crippen molar-refractivity contribution in [2.75, 3.05) is 0 Å². The number of fused-ring (bicyclic) bond motifs is 1. The maximum absolute atomic E-state index is 15.4. The predicted molar refractivity (Wildman–Crippen MR) is 192 cm³/mol. The monoisotopic (exact) mass is 1000 g/mol. The average molecular weight is 1010 g/mol. The second-order valence-electron chi connectivity index (χ2n) is 13.4. The molecule has 0 atom stereocenters. The molecule has 0 aliphatic heterocycles. The zero-order chi connectivity index (χ0) is 48.3. The Labute approximate surface area is 357 Å². The Morgan fingerprint density at radius 2 is 0.646 bits per heavy atom. The Hall–Kier alpha value is -6.46. The minimum Gasteiger partial charge on any atom is -0.287 e. The number of ketones is 1. The highest BCUT2D eigenvalue weighted by Gasteiger charge is 2.52. The molecule has 0 N–H and O–H groups in total. The fraction of sp³-hybridized carbons (Fsp3) is 0.0244. The maximum Gasteiger partial charge on any atom is 0.248 e. The quantitative estimate of drug-likeness (QED) is 0.0297. The number of nitrogens with zero attached hydrogens (tertiary/aromatic N) is 1. The first-order valence-electron chi connectivity index (χ1n) is 17.3. The van der Waals surface area contributed by atoms with Crippen molar-refractivity contribution in [2.45, 2.75) is 6.54 Å². The fourth-order valence-corrected chi connectivity index (χ4v) is 7.54. The lowest BCUT2D eigenvalue weighted by Gasteiger charge is -2.44. The number of rotatable bonds is 7. The van der Waals surface area contributed by atoms with Gasteiger partial charge in [-0.25, -0.2) is 87.8 Å². The summed E-state index contributed by atoms with van der Waals surface area (Å²) in [4.78, 5) is 12.3. The summed E-state index contributed by atoms with van der Waals surface area (Å²) in [5, 5.41) is 2.28. The second kappa shape index (κ2) is 17.8. The van der Waals surface area contributed by atoms with Gasteiger partial charge < -0.3 is 0 Å². The number of pyridine rings is 1. The molecule has 7 rings (SSSR count). The van der Waals surface area contributed by atoms with Gasteiger partial charge in [0.2, 0.25) is 16.9 Å². The Kier molecular flexibility index (Phi) is 13.2. The molecule has 338 valence electrons. The van der Waals surface area contributed by atoms with Crippen molar-refractivity contribution in [2.24, 2.45) is 0 Å². The topological polar surface area (TPSA) is 20.9 Å². The zero-order valence-electron chi connectivity index (χ0n) is 30.9. The molecule has 0 fully saturated rings. The molecule has 0 amide bonds. The molecule has 7 aromatic rings. The van der Waals surface area contributed by atoms with Gasteiger partial charge in [0, 0.05) is 32.9 Å². The van der Waals surface area contributed by atoms with Crippen molar-refractivity contribution in [1.29, 1.82) is 0 Å². The van der Waals surface area contributed by atoms with Crippen molar-refractivity contribution >= 4 is 60.5 Å². The van der Waals surface area contributed by atoms with Crippen LogP contribution in [0.2, 0.25) is 0 Å². The van der Waals surface area contributed by atoms with Crippen molar-refractivity contribution in [3.63, 3.8) is 0 Å². The van der Waals surface area contributed by atoms with E-state index in [0.29, 0.717) is 6.54 Å². The molecule has 24 heteroatoms. The summed E-state index contributed by atoms with van der Waals surface area (Å²) >= 11 is 3.53. The first-order valence-corrected chi connectivity index (χ1v) is 18.1. The maximum atomic E-state index is 15.4. The van der Waals surface area contributed by atoms with Gasteiger partial charge in [0.1, 0.15) is 52.7 Å². The van der Waals surface area contributed by atoms with Gasteiger partial charge in [-0.3, -0.25) is 4.79 Å². The van der Waals surface area contributed by atoms with Crippen molar-refractivity contribution in [3.8, 4) is 0 Å². The third kappa shape index (κ3) is 7.63. The Morgan fingerprint density at radius 3 is 0.954 bits per heavy atom. The number of hydrogen-bond donors (Lipinski definition) is 0. The largest absolute Gasteiger partial charge is 0.287 e. The number of carbonyl (C=O) groups is 1. The summed E-state index contributed by atoms with van der Waals surface area (Å²) in [5.74, 6) is -71.3. The van der Waals surface area contributed by atoms with Crippen LogP contribution in [0.3, 0.4) is 0 Å². The van der Waals surface area contributed by atoms with E-state index in [0.717, 1.165) is 20.9 Å². The lowest BCUT2D eigenvalue weighted by Crippen LogP contribution is -2.81. The van der Waals surface area contributed by atoms with Crippen LogP contribution in [0.15, 0.2) is 71.5 Å². The number of halogens is 21. The van der Waals surface area contributed by atoms with Gasteiger partial charge in [-0.2, -0.15) is 4.57 Å². The lowest BCUT2D eigenvalue weighted by molar-refractivity contribution is -0.692. The van der Waals surface area contributed by atoms with E-state index < -0.39 is 144 Å². The SMILES string of the molecule is Fc1c(F)c(F)c([B-](c2c(F)c(F)c(F)c(F)c2F)(c2c(F)c(F)c(F)c(F)c2F)c2c(F)c(F)c(F)c(F)c2F)c(F)c1F.O=C(C[n+]1cc2ccccc2cc1Br)c1ccccc1. The summed E-state index contributed by atoms with van der Waals surface area (Å²) in [7, 11) is 0. The normalized spacial score (nSPS) is 11.6. The molecular formula is C41H13BBrF20NO. The van der Waals surface area contributed by atoms with E-state index >= 15 is 35.1 Å². The van der Waals surface area contributed by atoms with Crippen LogP contribution in [0.1, 0.15) is 10.4 Å². The molecule has 0 unspecified atom stereocenters. The van der Waals surface area contributed by atoms with E-state index in [2.05, 4.69) is 22.0 Å². The smallest absolute Gasteiger partial charge is 0.248 e. The van der Waals surface area contributed by atoms with Crippen LogP contribution < -0.4 is 26.4 Å². The highest BCUT2D eigenvalue weighted by Crippen LogP contribution is 2.31. The van der Waals surface area contributed by atoms with Crippen LogP contribution in [-0.2, 0) is 6.54 Å². The van der Waals surface area contributed by atoms with Gasteiger partial charge in [-0.1, -0.05) is 48.5 Å². The highest BCUT2D eigenvalue weighted by atomic mass is 79.9. The summed E-state index contributed by atoms with van der Waals surface area (Å²) in [6.45, 7) is 0.329. The van der Waals surface area contributed by atoms with Crippen LogP contribution >= 0.6 is 15.9 Å². The number of aromatic nitrogens is 1. The Morgan fingerprint density at radius 1 is 0.385 bits per heavy atom. The number of carbonyl (C=O) groups excluding carboxylic acids is 1. The Balaban J connectivity index is 0.000000289. The summed E-state index contributed by atoms with van der Waals surface area (Å²) in [6, 6.07) is 19.5. The highest BCUT2D eigenvalue weighted by molar-refractivity contribution is 9.10. The molecule has 0 aliphatic carbocycles. The molecule has 6 aromatic carbocycles. The van der Waals surface area contributed by atoms with Gasteiger partial charge in [-0.15, -0.1) is 21.9 Å². The molecule has 0 bridgehead atoms. The predicted octanol–water partition coefficient (Wildman–Crippen LogP) is 9.62. The lowest BCUT2D eigenvalue weighted by atomic mass is 9.12. The van der Waals surface area contributed by atoms with E-state index in [-0.39, 0.29) is 5.78 Å². The molecule has 65 heavy (non-hydrogen) atoms. The summed E-state index contributed by atoms with van der Waals surface area (Å²) < 4.78 is 297. The second-order valence-corrected chi connectivity index (χ2v) is 14.3. The van der Waals surface area contributed by atoms with Gasteiger partial charge in [0.05, 0.1) is 0 Å². The molecular weight excluding hydrogens is 993 g/mol. The van der Waals surface area contributed by atoms with E-state index in [4.69, 9.17) is 0 Å². The van der Waals surface area contributed by atoms with Crippen molar-refractivity contribution < 1.29 is 97.2 Å². The van der Waals surface area contributed by atoms with Gasteiger partial charge >= 0.3 is 0 Å². The van der Waals surface area contributed by atoms with Crippen molar-refractivity contribution in [1.82, 2.24) is 0 Å². The standard InChI is InChI=1S/C24BF20.C17H13BrNO/c26-5-1(6(27)14(35)21(42)13(5)34)25(2-7(28)15(36)22(43)16(37)8(2)29,3-9(30)17(38)23(44)18(39)10(3)31)4-11(32)19(40)24(45)20(41)12(4)33;18-17-10-14-8-4-5-9-15(14)11-19(17)12-16(20)13-6-2-1-3-7-13/h;1-11H,12H2/q-1;+1. The zero-order valence-corrected chi connectivity index (χ0v) is 32.5. The van der Waals surface area contributed by atoms with Gasteiger partial charge in [0.15, 0.2) is 76.0 Å². The van der Waals surface area contributed by atoms with Crippen LogP contribution in [0.5, 0.6) is 0 Å². The fourth-order valence-electron chi connectivity index (χ4n) is 7.07. The van der Waals surface area contributed by atoms with Crippen LogP contribution in [-0.4, -0.2) is 11.9 Å². The molecule has 2 nitrogen and oxygen atoms in total. The average Bonchev–Trinajstić information content (AvgIpc) is 3.29. The van der Waals surface area contributed by atoms with Gasteiger partial charge in [0.25, 0.3) is 0 Å². The minimum absolute atomic E-state index is 0.103. The van der Waals surface area contributed by atoms with E-state index in [9.17, 15) is 57.5 Å². The van der Waals surface area contributed by atoms with E-state index in [1.54, 1.807) is 0 Å². The first-order chi connectivity index (χ1) is 30.4. The third-order valence-corrected chi connectivity index (χ3v) is 10.6. The molecule has 1 heterocycles. The van der Waals surface area contributed by atoms with Crippen LogP contribution in [0.4, 0.5) is 87.8 Å². The minimum atomic E-state index is -7.22. The van der Waals surface area contributed by atoms with Crippen molar-refractivity contribution in [3.05, 3.63) is 193 Å². The molecule has 0 radical (unpaired) electrons. The number of benzene rings is 6. The first kappa shape index (κ1) is 48.0.